The molecule has 0 saturated carbocycles. The first-order chi connectivity index (χ1) is 10.1. The Labute approximate surface area is 125 Å². The lowest BCUT2D eigenvalue weighted by atomic mass is 9.74. The molecule has 2 aromatic carbocycles. The Kier molecular flexibility index (Phi) is 3.30. The molecule has 1 aliphatic carbocycles. The molecular weight excluding hydrogens is 256 g/mol. The van der Waals surface area contributed by atoms with Gasteiger partial charge < -0.3 is 11.5 Å². The molecule has 0 bridgehead atoms. The first-order valence-electron chi connectivity index (χ1n) is 7.19. The van der Waals surface area contributed by atoms with Crippen molar-refractivity contribution in [3.8, 4) is 11.1 Å². The van der Waals surface area contributed by atoms with Crippen LogP contribution in [0.5, 0.6) is 0 Å². The molecule has 4 N–H and O–H groups in total. The van der Waals surface area contributed by atoms with Gasteiger partial charge in [0.25, 0.3) is 0 Å². The van der Waals surface area contributed by atoms with Gasteiger partial charge in [-0.3, -0.25) is 0 Å². The average molecular weight is 276 g/mol. The molecule has 0 amide bonds. The van der Waals surface area contributed by atoms with E-state index in [2.05, 4.69) is 55.5 Å². The predicted molar refractivity (Wildman–Crippen MR) is 91.0 cm³/mol. The Bertz CT molecular complexity index is 711. The summed E-state index contributed by atoms with van der Waals surface area (Å²) in [5, 5.41) is 0. The van der Waals surface area contributed by atoms with Crippen molar-refractivity contribution in [2.24, 2.45) is 0 Å². The molecule has 106 valence electrons. The maximum absolute atomic E-state index is 6.03. The second-order valence-corrected chi connectivity index (χ2v) is 5.84. The zero-order chi connectivity index (χ0) is 14.9. The van der Waals surface area contributed by atoms with Gasteiger partial charge in [0.05, 0.1) is 0 Å². The van der Waals surface area contributed by atoms with Gasteiger partial charge in [-0.15, -0.1) is 0 Å². The Morgan fingerprint density at radius 1 is 0.905 bits per heavy atom. The molecule has 1 atom stereocenters. The van der Waals surface area contributed by atoms with Gasteiger partial charge in [-0.05, 0) is 47.4 Å². The van der Waals surface area contributed by atoms with Crippen LogP contribution in [-0.2, 0) is 5.41 Å². The Morgan fingerprint density at radius 3 is 2.29 bits per heavy atom. The molecule has 3 rings (SSSR count). The van der Waals surface area contributed by atoms with E-state index in [0.29, 0.717) is 0 Å². The molecule has 0 radical (unpaired) electrons. The SMILES string of the molecule is CC1(c2cc(N)ccc2-c2ccc(N)cc2)C=CC=CC1. The summed E-state index contributed by atoms with van der Waals surface area (Å²) in [6.07, 6.45) is 9.64. The van der Waals surface area contributed by atoms with Crippen LogP contribution < -0.4 is 11.5 Å². The first kappa shape index (κ1) is 13.5. The van der Waals surface area contributed by atoms with Crippen LogP contribution in [0.15, 0.2) is 66.8 Å². The van der Waals surface area contributed by atoms with Crippen molar-refractivity contribution >= 4 is 11.4 Å². The normalized spacial score (nSPS) is 20.6. The summed E-state index contributed by atoms with van der Waals surface area (Å²) in [4.78, 5) is 0. The molecule has 0 aliphatic heterocycles. The lowest BCUT2D eigenvalue weighted by molar-refractivity contribution is 0.602. The van der Waals surface area contributed by atoms with E-state index < -0.39 is 0 Å². The molecule has 0 heterocycles. The first-order valence-corrected chi connectivity index (χ1v) is 7.19. The number of hydrogen-bond acceptors (Lipinski definition) is 2. The van der Waals surface area contributed by atoms with Crippen molar-refractivity contribution in [2.75, 3.05) is 11.5 Å². The molecule has 2 nitrogen and oxygen atoms in total. The lowest BCUT2D eigenvalue weighted by Gasteiger charge is -2.30. The van der Waals surface area contributed by atoms with Crippen LogP contribution in [0.3, 0.4) is 0 Å². The van der Waals surface area contributed by atoms with Crippen molar-refractivity contribution in [1.82, 2.24) is 0 Å². The van der Waals surface area contributed by atoms with Gasteiger partial charge in [-0.1, -0.05) is 49.4 Å². The van der Waals surface area contributed by atoms with Crippen LogP contribution in [0.25, 0.3) is 11.1 Å². The van der Waals surface area contributed by atoms with E-state index >= 15 is 0 Å². The lowest BCUT2D eigenvalue weighted by Crippen LogP contribution is -2.20. The average Bonchev–Trinajstić information content (AvgIpc) is 2.49. The second kappa shape index (κ2) is 5.13. The van der Waals surface area contributed by atoms with E-state index in [1.165, 1.54) is 16.7 Å². The highest BCUT2D eigenvalue weighted by atomic mass is 14.5. The molecule has 0 saturated heterocycles. The van der Waals surface area contributed by atoms with Gasteiger partial charge in [0, 0.05) is 16.8 Å². The minimum atomic E-state index is -0.0269. The molecule has 1 unspecified atom stereocenters. The van der Waals surface area contributed by atoms with Crippen LogP contribution >= 0.6 is 0 Å². The topological polar surface area (TPSA) is 52.0 Å². The zero-order valence-electron chi connectivity index (χ0n) is 12.2. The maximum atomic E-state index is 6.03. The van der Waals surface area contributed by atoms with Gasteiger partial charge in [0.15, 0.2) is 0 Å². The summed E-state index contributed by atoms with van der Waals surface area (Å²) in [5.74, 6) is 0. The fourth-order valence-corrected chi connectivity index (χ4v) is 2.88. The fourth-order valence-electron chi connectivity index (χ4n) is 2.88. The summed E-state index contributed by atoms with van der Waals surface area (Å²) in [7, 11) is 0. The predicted octanol–water partition coefficient (Wildman–Crippen LogP) is 4.29. The Balaban J connectivity index is 2.15. The number of nitrogens with two attached hydrogens (primary N) is 2. The number of benzene rings is 2. The van der Waals surface area contributed by atoms with Crippen molar-refractivity contribution in [1.29, 1.82) is 0 Å². The van der Waals surface area contributed by atoms with Gasteiger partial charge in [-0.2, -0.15) is 0 Å². The summed E-state index contributed by atoms with van der Waals surface area (Å²) in [5.41, 5.74) is 17.0. The van der Waals surface area contributed by atoms with Crippen molar-refractivity contribution in [2.45, 2.75) is 18.8 Å². The van der Waals surface area contributed by atoms with Gasteiger partial charge in [-0.25, -0.2) is 0 Å². The smallest absolute Gasteiger partial charge is 0.0317 e. The van der Waals surface area contributed by atoms with Crippen LogP contribution in [0.2, 0.25) is 0 Å². The monoisotopic (exact) mass is 276 g/mol. The van der Waals surface area contributed by atoms with E-state index in [9.17, 15) is 0 Å². The molecule has 1 aliphatic rings. The second-order valence-electron chi connectivity index (χ2n) is 5.84. The van der Waals surface area contributed by atoms with Crippen molar-refractivity contribution < 1.29 is 0 Å². The summed E-state index contributed by atoms with van der Waals surface area (Å²) in [6.45, 7) is 2.25. The van der Waals surface area contributed by atoms with E-state index in [1.807, 2.05) is 18.2 Å². The quantitative estimate of drug-likeness (QED) is 0.804. The van der Waals surface area contributed by atoms with Crippen molar-refractivity contribution in [3.05, 3.63) is 72.3 Å². The molecule has 0 fully saturated rings. The van der Waals surface area contributed by atoms with Crippen LogP contribution in [0.1, 0.15) is 18.9 Å². The maximum Gasteiger partial charge on any atom is 0.0317 e. The van der Waals surface area contributed by atoms with Gasteiger partial charge >= 0.3 is 0 Å². The van der Waals surface area contributed by atoms with Crippen LogP contribution in [-0.4, -0.2) is 0 Å². The number of hydrogen-bond donors (Lipinski definition) is 2. The minimum Gasteiger partial charge on any atom is -0.399 e. The summed E-state index contributed by atoms with van der Waals surface area (Å²) in [6, 6.07) is 14.2. The standard InChI is InChI=1S/C19H20N2/c1-19(11-3-2-4-12-19)18-13-16(21)9-10-17(18)14-5-7-15(20)8-6-14/h2-11,13H,12,20-21H2,1H3. The summed E-state index contributed by atoms with van der Waals surface area (Å²) >= 11 is 0. The largest absolute Gasteiger partial charge is 0.399 e. The number of allylic oxidation sites excluding steroid dienone is 4. The third-order valence-electron chi connectivity index (χ3n) is 4.13. The Morgan fingerprint density at radius 2 is 1.62 bits per heavy atom. The highest BCUT2D eigenvalue weighted by molar-refractivity contribution is 5.73. The van der Waals surface area contributed by atoms with E-state index in [0.717, 1.165) is 17.8 Å². The highest BCUT2D eigenvalue weighted by Crippen LogP contribution is 2.39. The number of anilines is 2. The molecule has 0 spiro atoms. The Hall–Kier alpha value is -2.48. The third-order valence-corrected chi connectivity index (χ3v) is 4.13. The van der Waals surface area contributed by atoms with Crippen molar-refractivity contribution in [3.63, 3.8) is 0 Å². The molecule has 0 aromatic heterocycles. The number of nitrogen functional groups attached to an aromatic ring is 2. The zero-order valence-corrected chi connectivity index (χ0v) is 12.2. The summed E-state index contributed by atoms with van der Waals surface area (Å²) < 4.78 is 0. The van der Waals surface area contributed by atoms with Gasteiger partial charge in [0.1, 0.15) is 0 Å². The van der Waals surface area contributed by atoms with E-state index in [-0.39, 0.29) is 5.41 Å². The third kappa shape index (κ3) is 2.57. The van der Waals surface area contributed by atoms with Gasteiger partial charge in [0.2, 0.25) is 0 Å². The van der Waals surface area contributed by atoms with Crippen LogP contribution in [0.4, 0.5) is 11.4 Å². The van der Waals surface area contributed by atoms with E-state index in [4.69, 9.17) is 11.5 Å². The van der Waals surface area contributed by atoms with Crippen LogP contribution in [0, 0.1) is 0 Å². The number of rotatable bonds is 2. The molecule has 2 heteroatoms. The molecule has 2 aromatic rings. The molecule has 21 heavy (non-hydrogen) atoms. The minimum absolute atomic E-state index is 0.0269. The molecular formula is C19H20N2. The van der Waals surface area contributed by atoms with E-state index in [1.54, 1.807) is 0 Å². The fraction of sp³-hybridized carbons (Fsp3) is 0.158. The highest BCUT2D eigenvalue weighted by Gasteiger charge is 2.26.